The minimum absolute atomic E-state index is 0.311. The average Bonchev–Trinajstić information content (AvgIpc) is 2.36. The predicted molar refractivity (Wildman–Crippen MR) is 79.1 cm³/mol. The number of hydrogen-bond donors (Lipinski definition) is 1. The number of hydrogen-bond acceptors (Lipinski definition) is 3. The highest BCUT2D eigenvalue weighted by Gasteiger charge is 2.17. The van der Waals surface area contributed by atoms with E-state index in [0.717, 1.165) is 12.2 Å². The van der Waals surface area contributed by atoms with Crippen LogP contribution >= 0.6 is 0 Å². The van der Waals surface area contributed by atoms with Crippen molar-refractivity contribution in [2.45, 2.75) is 40.2 Å². The molecule has 110 valence electrons. The quantitative estimate of drug-likeness (QED) is 0.865. The predicted octanol–water partition coefficient (Wildman–Crippen LogP) is 3.56. The van der Waals surface area contributed by atoms with Crippen molar-refractivity contribution < 1.29 is 9.50 Å². The molecular formula is C16H23FN2O. The normalized spacial score (nSPS) is 12.3. The van der Waals surface area contributed by atoms with E-state index in [1.54, 1.807) is 19.9 Å². The molecular weight excluding hydrogens is 255 g/mol. The van der Waals surface area contributed by atoms with Gasteiger partial charge < -0.3 is 10.0 Å². The zero-order chi connectivity index (χ0) is 15.3. The topological polar surface area (TPSA) is 47.3 Å². The van der Waals surface area contributed by atoms with Gasteiger partial charge in [0.1, 0.15) is 5.82 Å². The van der Waals surface area contributed by atoms with Crippen LogP contribution in [0.4, 0.5) is 10.1 Å². The molecule has 0 radical (unpaired) electrons. The van der Waals surface area contributed by atoms with Crippen LogP contribution in [0.3, 0.4) is 0 Å². The highest BCUT2D eigenvalue weighted by Crippen LogP contribution is 2.30. The van der Waals surface area contributed by atoms with Gasteiger partial charge in [0.2, 0.25) is 0 Å². The van der Waals surface area contributed by atoms with E-state index in [-0.39, 0.29) is 5.82 Å². The van der Waals surface area contributed by atoms with E-state index < -0.39 is 6.10 Å². The van der Waals surface area contributed by atoms with Gasteiger partial charge in [-0.3, -0.25) is 0 Å². The zero-order valence-corrected chi connectivity index (χ0v) is 12.7. The standard InChI is InChI=1S/C16H23FN2O/c1-11(2)10-19(7-5-6-18)16-8-12(3)15(17)9-14(16)13(4)20/h8-9,11,13,20H,5,7,10H2,1-4H3. The summed E-state index contributed by atoms with van der Waals surface area (Å²) in [5.41, 5.74) is 1.95. The van der Waals surface area contributed by atoms with E-state index in [2.05, 4.69) is 24.8 Å². The Morgan fingerprint density at radius 1 is 1.35 bits per heavy atom. The molecule has 0 heterocycles. The molecule has 0 aliphatic carbocycles. The van der Waals surface area contributed by atoms with Crippen LogP contribution in [-0.4, -0.2) is 18.2 Å². The first-order chi connectivity index (χ1) is 9.36. The molecule has 0 bridgehead atoms. The van der Waals surface area contributed by atoms with Gasteiger partial charge in [0.15, 0.2) is 0 Å². The summed E-state index contributed by atoms with van der Waals surface area (Å²) >= 11 is 0. The highest BCUT2D eigenvalue weighted by molar-refractivity contribution is 5.57. The number of aliphatic hydroxyl groups excluding tert-OH is 1. The number of nitriles is 1. The molecule has 0 amide bonds. The molecule has 3 nitrogen and oxygen atoms in total. The van der Waals surface area contributed by atoms with E-state index in [0.29, 0.717) is 30.0 Å². The Kier molecular flexibility index (Phi) is 5.97. The molecule has 0 saturated carbocycles. The fraction of sp³-hybridized carbons (Fsp3) is 0.562. The number of aliphatic hydroxyl groups is 1. The third-order valence-corrected chi connectivity index (χ3v) is 3.18. The minimum Gasteiger partial charge on any atom is -0.389 e. The van der Waals surface area contributed by atoms with Crippen molar-refractivity contribution in [3.63, 3.8) is 0 Å². The molecule has 20 heavy (non-hydrogen) atoms. The second kappa shape index (κ2) is 7.25. The maximum Gasteiger partial charge on any atom is 0.126 e. The number of anilines is 1. The van der Waals surface area contributed by atoms with Crippen molar-refractivity contribution in [2.75, 3.05) is 18.0 Å². The van der Waals surface area contributed by atoms with Gasteiger partial charge in [0.05, 0.1) is 18.6 Å². The molecule has 1 N–H and O–H groups in total. The SMILES string of the molecule is Cc1cc(N(CCC#N)CC(C)C)c(C(C)O)cc1F. The molecule has 1 unspecified atom stereocenters. The number of rotatable bonds is 6. The van der Waals surface area contributed by atoms with Crippen LogP contribution in [-0.2, 0) is 0 Å². The second-order valence-corrected chi connectivity index (χ2v) is 5.58. The lowest BCUT2D eigenvalue weighted by molar-refractivity contribution is 0.199. The van der Waals surface area contributed by atoms with E-state index in [1.807, 2.05) is 0 Å². The molecule has 0 spiro atoms. The number of halogens is 1. The number of aryl methyl sites for hydroxylation is 1. The van der Waals surface area contributed by atoms with Gasteiger partial charge in [-0.15, -0.1) is 0 Å². The molecule has 1 rings (SSSR count). The fourth-order valence-corrected chi connectivity index (χ4v) is 2.23. The number of benzene rings is 1. The van der Waals surface area contributed by atoms with Crippen molar-refractivity contribution >= 4 is 5.69 Å². The van der Waals surface area contributed by atoms with Crippen molar-refractivity contribution in [1.82, 2.24) is 0 Å². The lowest BCUT2D eigenvalue weighted by Crippen LogP contribution is -2.30. The van der Waals surface area contributed by atoms with Crippen LogP contribution < -0.4 is 4.90 Å². The van der Waals surface area contributed by atoms with Crippen LogP contribution in [0.5, 0.6) is 0 Å². The van der Waals surface area contributed by atoms with Gasteiger partial charge in [0.25, 0.3) is 0 Å². The molecule has 1 aromatic carbocycles. The zero-order valence-electron chi connectivity index (χ0n) is 12.7. The Morgan fingerprint density at radius 3 is 2.50 bits per heavy atom. The van der Waals surface area contributed by atoms with Crippen molar-refractivity contribution in [3.8, 4) is 6.07 Å². The number of nitrogens with zero attached hydrogens (tertiary/aromatic N) is 2. The van der Waals surface area contributed by atoms with Crippen LogP contribution in [0.15, 0.2) is 12.1 Å². The van der Waals surface area contributed by atoms with Crippen LogP contribution in [0.2, 0.25) is 0 Å². The minimum atomic E-state index is -0.739. The summed E-state index contributed by atoms with van der Waals surface area (Å²) in [7, 11) is 0. The molecule has 0 fully saturated rings. The Morgan fingerprint density at radius 2 is 2.00 bits per heavy atom. The summed E-state index contributed by atoms with van der Waals surface area (Å²) in [5, 5.41) is 18.7. The maximum atomic E-state index is 13.7. The molecule has 0 aliphatic heterocycles. The summed E-state index contributed by atoms with van der Waals surface area (Å²) in [6.45, 7) is 8.88. The van der Waals surface area contributed by atoms with Crippen LogP contribution in [0.25, 0.3) is 0 Å². The first-order valence-electron chi connectivity index (χ1n) is 6.96. The third-order valence-electron chi connectivity index (χ3n) is 3.18. The summed E-state index contributed by atoms with van der Waals surface area (Å²) in [6.07, 6.45) is -0.334. The van der Waals surface area contributed by atoms with Gasteiger partial charge >= 0.3 is 0 Å². The Labute approximate surface area is 120 Å². The van der Waals surface area contributed by atoms with Gasteiger partial charge in [-0.25, -0.2) is 4.39 Å². The van der Waals surface area contributed by atoms with Gasteiger partial charge in [-0.05, 0) is 37.5 Å². The van der Waals surface area contributed by atoms with E-state index in [1.165, 1.54) is 6.07 Å². The van der Waals surface area contributed by atoms with Crippen molar-refractivity contribution in [1.29, 1.82) is 5.26 Å². The third kappa shape index (κ3) is 4.21. The lowest BCUT2D eigenvalue weighted by atomic mass is 10.0. The monoisotopic (exact) mass is 278 g/mol. The molecule has 0 saturated heterocycles. The highest BCUT2D eigenvalue weighted by atomic mass is 19.1. The fourth-order valence-electron chi connectivity index (χ4n) is 2.23. The smallest absolute Gasteiger partial charge is 0.126 e. The summed E-state index contributed by atoms with van der Waals surface area (Å²) in [4.78, 5) is 2.06. The first-order valence-corrected chi connectivity index (χ1v) is 6.96. The molecule has 0 aromatic heterocycles. The Bertz CT molecular complexity index is 492. The largest absolute Gasteiger partial charge is 0.389 e. The Balaban J connectivity index is 3.22. The van der Waals surface area contributed by atoms with Crippen molar-refractivity contribution in [2.24, 2.45) is 5.92 Å². The molecule has 0 aliphatic rings. The van der Waals surface area contributed by atoms with Gasteiger partial charge in [0, 0.05) is 24.3 Å². The Hall–Kier alpha value is -1.60. The van der Waals surface area contributed by atoms with E-state index in [9.17, 15) is 9.50 Å². The maximum absolute atomic E-state index is 13.7. The molecule has 1 aromatic rings. The second-order valence-electron chi connectivity index (χ2n) is 5.58. The van der Waals surface area contributed by atoms with Crippen molar-refractivity contribution in [3.05, 3.63) is 29.1 Å². The summed E-state index contributed by atoms with van der Waals surface area (Å²) in [5.74, 6) is 0.107. The average molecular weight is 278 g/mol. The van der Waals surface area contributed by atoms with Gasteiger partial charge in [-0.2, -0.15) is 5.26 Å². The van der Waals surface area contributed by atoms with Crippen LogP contribution in [0.1, 0.15) is 44.4 Å². The molecule has 1 atom stereocenters. The first kappa shape index (κ1) is 16.5. The van der Waals surface area contributed by atoms with Gasteiger partial charge in [-0.1, -0.05) is 13.8 Å². The van der Waals surface area contributed by atoms with E-state index >= 15 is 0 Å². The summed E-state index contributed by atoms with van der Waals surface area (Å²) in [6, 6.07) is 5.30. The summed E-state index contributed by atoms with van der Waals surface area (Å²) < 4.78 is 13.7. The lowest BCUT2D eigenvalue weighted by Gasteiger charge is -2.29. The van der Waals surface area contributed by atoms with E-state index in [4.69, 9.17) is 5.26 Å². The van der Waals surface area contributed by atoms with Crippen LogP contribution in [0, 0.1) is 30.0 Å². The molecule has 4 heteroatoms.